The van der Waals surface area contributed by atoms with Crippen molar-refractivity contribution in [1.82, 2.24) is 19.2 Å². The third-order valence-corrected chi connectivity index (χ3v) is 10.6. The number of nitrogens with zero attached hydrogens (tertiary/aromatic N) is 5. The first-order valence-corrected chi connectivity index (χ1v) is 17.5. The van der Waals surface area contributed by atoms with E-state index in [1.165, 1.54) is 36.4 Å². The maximum atomic E-state index is 14.5. The minimum atomic E-state index is -4.56. The first kappa shape index (κ1) is 35.4. The highest BCUT2D eigenvalue weighted by molar-refractivity contribution is 7.89. The van der Waals surface area contributed by atoms with Crippen molar-refractivity contribution in [2.45, 2.75) is 63.3 Å². The first-order chi connectivity index (χ1) is 23.4. The lowest BCUT2D eigenvalue weighted by Crippen LogP contribution is -2.54. The Morgan fingerprint density at radius 1 is 1.16 bits per heavy atom. The lowest BCUT2D eigenvalue weighted by atomic mass is 9.99. The fourth-order valence-electron chi connectivity index (χ4n) is 6.03. The summed E-state index contributed by atoms with van der Waals surface area (Å²) in [5.74, 6) is 0.622. The molecule has 4 aromatic rings. The van der Waals surface area contributed by atoms with Crippen LogP contribution in [0, 0.1) is 23.0 Å². The number of oxazole rings is 1. The number of methoxy groups -OCH3 is 1. The van der Waals surface area contributed by atoms with E-state index in [1.54, 1.807) is 13.0 Å². The summed E-state index contributed by atoms with van der Waals surface area (Å²) in [5, 5.41) is 22.2. The van der Waals surface area contributed by atoms with Crippen molar-refractivity contribution < 1.29 is 37.2 Å². The van der Waals surface area contributed by atoms with Gasteiger partial charge in [-0.25, -0.2) is 18.2 Å². The van der Waals surface area contributed by atoms with Crippen molar-refractivity contribution in [1.29, 1.82) is 0 Å². The minimum absolute atomic E-state index is 0.0698. The zero-order chi connectivity index (χ0) is 35.3. The number of Topliss-reactive ketones (excluding diaryl/α,β-unsaturated/α-hetero) is 1. The van der Waals surface area contributed by atoms with E-state index in [0.717, 1.165) is 27.0 Å². The van der Waals surface area contributed by atoms with Gasteiger partial charge >= 0.3 is 6.09 Å². The van der Waals surface area contributed by atoms with Crippen LogP contribution in [0.5, 0.6) is 5.75 Å². The van der Waals surface area contributed by atoms with Crippen LogP contribution in [0.4, 0.5) is 10.5 Å². The van der Waals surface area contributed by atoms with Crippen LogP contribution < -0.4 is 4.74 Å². The van der Waals surface area contributed by atoms with Crippen molar-refractivity contribution in [3.63, 3.8) is 0 Å². The Balaban J connectivity index is 1.57. The second-order valence-corrected chi connectivity index (χ2v) is 14.0. The van der Waals surface area contributed by atoms with Gasteiger partial charge in [0, 0.05) is 61.6 Å². The monoisotopic (exact) mass is 693 g/mol. The zero-order valence-electron chi connectivity index (χ0n) is 27.6. The molecule has 0 unspecified atom stereocenters. The van der Waals surface area contributed by atoms with Crippen LogP contribution in [0.2, 0.25) is 0 Å². The van der Waals surface area contributed by atoms with E-state index >= 15 is 0 Å². The molecule has 0 spiro atoms. The summed E-state index contributed by atoms with van der Waals surface area (Å²) >= 11 is 0. The topological polar surface area (TPSA) is 186 Å². The van der Waals surface area contributed by atoms with Crippen LogP contribution in [0.15, 0.2) is 64.0 Å². The highest BCUT2D eigenvalue weighted by atomic mass is 32.2. The van der Waals surface area contributed by atoms with Crippen LogP contribution in [0.25, 0.3) is 22.2 Å². The van der Waals surface area contributed by atoms with Gasteiger partial charge in [-0.05, 0) is 38.0 Å². The van der Waals surface area contributed by atoms with Gasteiger partial charge < -0.3 is 19.2 Å². The number of carbonyl (C=O) groups excluding carboxylic acids is 1. The number of rotatable bonds is 16. The smallest absolute Gasteiger partial charge is 0.407 e. The summed E-state index contributed by atoms with van der Waals surface area (Å²) in [6.45, 7) is 3.76. The lowest BCUT2D eigenvalue weighted by Gasteiger charge is -2.40. The number of ether oxygens (including phenoxy) is 1. The average Bonchev–Trinajstić information content (AvgIpc) is 3.55. The summed E-state index contributed by atoms with van der Waals surface area (Å²) < 4.78 is 42.1. The summed E-state index contributed by atoms with van der Waals surface area (Å²) in [6.07, 6.45) is 3.18. The maximum Gasteiger partial charge on any atom is 0.407 e. The number of nitro benzene ring substituents is 1. The molecule has 1 fully saturated rings. The number of aromatic nitrogens is 2. The number of likely N-dealkylation sites (tertiary alicyclic amines) is 1. The number of nitro groups is 1. The van der Waals surface area contributed by atoms with Gasteiger partial charge in [-0.2, -0.15) is 4.31 Å². The highest BCUT2D eigenvalue weighted by Crippen LogP contribution is 2.40. The van der Waals surface area contributed by atoms with Crippen LogP contribution in [-0.4, -0.2) is 76.2 Å². The number of unbranched alkanes of at least 4 members (excludes halogenated alkanes) is 2. The Hall–Kier alpha value is -4.89. The van der Waals surface area contributed by atoms with E-state index in [4.69, 9.17) is 9.15 Å². The number of para-hydroxylation sites is 1. The largest absolute Gasteiger partial charge is 0.496 e. The van der Waals surface area contributed by atoms with Crippen LogP contribution in [0.3, 0.4) is 0 Å². The lowest BCUT2D eigenvalue weighted by molar-refractivity contribution is -0.387. The molecule has 1 atom stereocenters. The van der Waals surface area contributed by atoms with E-state index in [9.17, 15) is 33.2 Å². The number of sulfonamides is 1. The van der Waals surface area contributed by atoms with Gasteiger partial charge in [0.2, 0.25) is 5.89 Å². The van der Waals surface area contributed by atoms with Crippen molar-refractivity contribution in [3.8, 4) is 17.1 Å². The number of amides is 1. The third-order valence-electron chi connectivity index (χ3n) is 8.71. The van der Waals surface area contributed by atoms with Crippen molar-refractivity contribution in [3.05, 3.63) is 76.4 Å². The number of fused-ring (bicyclic) bond motifs is 1. The molecule has 1 aliphatic rings. The SMILES string of the molecule is CCC(=O)CCCCC[C@@H](c1ncc(-c2cc3ccc(C)nc3cc2OC)o1)N(CC1CN(C(=O)O)C1)S(=O)(=O)c1ccccc1[N+](=O)[O-]. The fraction of sp³-hybridized carbons (Fsp3) is 0.412. The molecule has 49 heavy (non-hydrogen) atoms. The second kappa shape index (κ2) is 15.1. The molecule has 0 bridgehead atoms. The third kappa shape index (κ3) is 7.89. The molecule has 3 heterocycles. The number of benzene rings is 2. The number of hydrogen-bond acceptors (Lipinski definition) is 10. The van der Waals surface area contributed by atoms with Crippen LogP contribution in [0.1, 0.15) is 63.1 Å². The molecule has 260 valence electrons. The van der Waals surface area contributed by atoms with Gasteiger partial charge in [0.15, 0.2) is 10.7 Å². The van der Waals surface area contributed by atoms with E-state index < -0.39 is 37.7 Å². The van der Waals surface area contributed by atoms with Crippen molar-refractivity contribution in [2.24, 2.45) is 5.92 Å². The molecule has 1 amide bonds. The fourth-order valence-corrected chi connectivity index (χ4v) is 7.87. The number of ketones is 1. The van der Waals surface area contributed by atoms with Gasteiger partial charge in [-0.1, -0.05) is 38.0 Å². The maximum absolute atomic E-state index is 14.5. The number of aryl methyl sites for hydroxylation is 1. The Labute approximate surface area is 283 Å². The van der Waals surface area contributed by atoms with Crippen LogP contribution in [-0.2, 0) is 14.8 Å². The summed E-state index contributed by atoms with van der Waals surface area (Å²) in [7, 11) is -3.04. The Bertz CT molecular complexity index is 1960. The van der Waals surface area contributed by atoms with E-state index in [-0.39, 0.29) is 43.6 Å². The molecule has 1 saturated heterocycles. The number of hydrogen-bond donors (Lipinski definition) is 1. The van der Waals surface area contributed by atoms with Gasteiger partial charge in [-0.15, -0.1) is 0 Å². The zero-order valence-corrected chi connectivity index (χ0v) is 28.4. The van der Waals surface area contributed by atoms with Crippen LogP contribution >= 0.6 is 0 Å². The molecule has 0 saturated carbocycles. The number of carboxylic acid groups (broad SMARTS) is 1. The molecule has 15 heteroatoms. The van der Waals surface area contributed by atoms with Crippen molar-refractivity contribution in [2.75, 3.05) is 26.7 Å². The molecule has 2 aromatic heterocycles. The average molecular weight is 694 g/mol. The van der Waals surface area contributed by atoms with Gasteiger partial charge in [0.25, 0.3) is 15.7 Å². The molecule has 2 aromatic carbocycles. The van der Waals surface area contributed by atoms with E-state index in [0.29, 0.717) is 49.2 Å². The molecular weight excluding hydrogens is 654 g/mol. The van der Waals surface area contributed by atoms with Gasteiger partial charge in [-0.3, -0.25) is 19.9 Å². The predicted octanol–water partition coefficient (Wildman–Crippen LogP) is 6.39. The summed E-state index contributed by atoms with van der Waals surface area (Å²) in [6, 6.07) is 11.6. The quantitative estimate of drug-likeness (QED) is 0.0779. The van der Waals surface area contributed by atoms with Gasteiger partial charge in [0.1, 0.15) is 17.6 Å². The second-order valence-electron chi connectivity index (χ2n) is 12.1. The summed E-state index contributed by atoms with van der Waals surface area (Å²) in [5.41, 5.74) is 1.55. The molecule has 0 aliphatic carbocycles. The summed E-state index contributed by atoms with van der Waals surface area (Å²) in [4.78, 5) is 44.5. The Kier molecular flexibility index (Phi) is 10.9. The molecule has 1 N–H and O–H groups in total. The molecule has 5 rings (SSSR count). The number of carbonyl (C=O) groups is 2. The normalized spacial score (nSPS) is 14.2. The predicted molar refractivity (Wildman–Crippen MR) is 180 cm³/mol. The first-order valence-electron chi connectivity index (χ1n) is 16.1. The Morgan fingerprint density at radius 2 is 1.92 bits per heavy atom. The Morgan fingerprint density at radius 3 is 2.61 bits per heavy atom. The number of pyridine rings is 1. The van der Waals surface area contributed by atoms with E-state index in [2.05, 4.69) is 9.97 Å². The van der Waals surface area contributed by atoms with Crippen molar-refractivity contribution >= 4 is 38.5 Å². The molecule has 14 nitrogen and oxygen atoms in total. The van der Waals surface area contributed by atoms with Gasteiger partial charge in [0.05, 0.1) is 29.3 Å². The highest BCUT2D eigenvalue weighted by Gasteiger charge is 2.42. The molecular formula is C34H39N5O9S. The standard InChI is InChI=1S/C34H39N5O9S/c1-4-25(40)10-6-5-7-12-29(33-35-18-31(48-33)26-16-24-15-14-22(2)36-27(24)17-30(26)47-3)38(21-23-19-37(20-23)34(41)42)49(45,46)32-13-9-8-11-28(32)39(43)44/h8-9,11,13-18,23,29H,4-7,10,12,19-21H2,1-3H3,(H,41,42)/t29-/m0/s1. The van der Waals surface area contributed by atoms with E-state index in [1.807, 2.05) is 25.1 Å². The molecule has 0 radical (unpaired) electrons. The molecule has 1 aliphatic heterocycles. The minimum Gasteiger partial charge on any atom is -0.496 e.